The van der Waals surface area contributed by atoms with Crippen molar-refractivity contribution in [2.24, 2.45) is 5.41 Å². The smallest absolute Gasteiger partial charge is 0.317 e. The molecular weight excluding hydrogens is 238 g/mol. The van der Waals surface area contributed by atoms with Crippen LogP contribution in [0.4, 0.5) is 4.79 Å². The molecule has 0 aromatic rings. The summed E-state index contributed by atoms with van der Waals surface area (Å²) in [6.45, 7) is 8.70. The Hall–Kier alpha value is -0.770. The first-order valence-corrected chi connectivity index (χ1v) is 7.87. The number of carbonyl (C=O) groups is 1. The summed E-state index contributed by atoms with van der Waals surface area (Å²) in [5.41, 5.74) is 0.540. The van der Waals surface area contributed by atoms with Crippen molar-refractivity contribution < 1.29 is 4.79 Å². The van der Waals surface area contributed by atoms with E-state index >= 15 is 0 Å². The van der Waals surface area contributed by atoms with Crippen molar-refractivity contribution in [1.82, 2.24) is 15.1 Å². The lowest BCUT2D eigenvalue weighted by Gasteiger charge is -2.35. The van der Waals surface area contributed by atoms with E-state index in [1.807, 2.05) is 4.90 Å². The van der Waals surface area contributed by atoms with Gasteiger partial charge in [0.15, 0.2) is 0 Å². The summed E-state index contributed by atoms with van der Waals surface area (Å²) in [4.78, 5) is 16.8. The zero-order chi connectivity index (χ0) is 13.5. The third kappa shape index (κ3) is 2.88. The van der Waals surface area contributed by atoms with Crippen LogP contribution in [0.5, 0.6) is 0 Å². The van der Waals surface area contributed by atoms with Crippen LogP contribution in [0.2, 0.25) is 0 Å². The van der Waals surface area contributed by atoms with Crippen LogP contribution in [-0.2, 0) is 0 Å². The lowest BCUT2D eigenvalue weighted by molar-refractivity contribution is 0.154. The molecule has 0 unspecified atom stereocenters. The van der Waals surface area contributed by atoms with E-state index in [2.05, 4.69) is 24.1 Å². The van der Waals surface area contributed by atoms with E-state index in [1.165, 1.54) is 19.3 Å². The SMILES string of the molecule is CC(C)N1CCC(NC(=O)N2CCC3(CC3)C2)CC1. The van der Waals surface area contributed by atoms with E-state index in [1.54, 1.807) is 0 Å². The van der Waals surface area contributed by atoms with Crippen LogP contribution < -0.4 is 5.32 Å². The molecule has 3 rings (SSSR count). The largest absolute Gasteiger partial charge is 0.335 e. The third-order valence-electron chi connectivity index (χ3n) is 5.27. The van der Waals surface area contributed by atoms with Gasteiger partial charge in [-0.3, -0.25) is 0 Å². The van der Waals surface area contributed by atoms with Crippen LogP contribution in [0.25, 0.3) is 0 Å². The van der Waals surface area contributed by atoms with Crippen LogP contribution in [-0.4, -0.2) is 54.1 Å². The Kier molecular flexibility index (Phi) is 3.46. The molecule has 1 saturated carbocycles. The Morgan fingerprint density at radius 3 is 2.37 bits per heavy atom. The number of likely N-dealkylation sites (tertiary alicyclic amines) is 2. The quantitative estimate of drug-likeness (QED) is 0.829. The fourth-order valence-electron chi connectivity index (χ4n) is 3.52. The highest BCUT2D eigenvalue weighted by atomic mass is 16.2. The normalized spacial score (nSPS) is 27.2. The number of piperidine rings is 1. The molecule has 0 aromatic carbocycles. The summed E-state index contributed by atoms with van der Waals surface area (Å²) < 4.78 is 0. The first kappa shape index (κ1) is 13.2. The van der Waals surface area contributed by atoms with Crippen LogP contribution >= 0.6 is 0 Å². The molecule has 3 aliphatic rings. The van der Waals surface area contributed by atoms with Gasteiger partial charge in [-0.1, -0.05) is 0 Å². The maximum Gasteiger partial charge on any atom is 0.317 e. The Morgan fingerprint density at radius 2 is 1.84 bits per heavy atom. The third-order valence-corrected chi connectivity index (χ3v) is 5.27. The van der Waals surface area contributed by atoms with Gasteiger partial charge in [-0.05, 0) is 51.4 Å². The van der Waals surface area contributed by atoms with Gasteiger partial charge in [0.05, 0.1) is 0 Å². The fraction of sp³-hybridized carbons (Fsp3) is 0.933. The van der Waals surface area contributed by atoms with Gasteiger partial charge in [-0.2, -0.15) is 0 Å². The van der Waals surface area contributed by atoms with Gasteiger partial charge in [-0.15, -0.1) is 0 Å². The number of amides is 2. The van der Waals surface area contributed by atoms with Crippen molar-refractivity contribution in [3.8, 4) is 0 Å². The van der Waals surface area contributed by atoms with E-state index in [0.29, 0.717) is 17.5 Å². The van der Waals surface area contributed by atoms with Gasteiger partial charge in [0.25, 0.3) is 0 Å². The highest BCUT2D eigenvalue weighted by Crippen LogP contribution is 2.52. The van der Waals surface area contributed by atoms with Gasteiger partial charge in [0.2, 0.25) is 0 Å². The molecule has 0 atom stereocenters. The molecule has 0 radical (unpaired) electrons. The van der Waals surface area contributed by atoms with Gasteiger partial charge in [0, 0.05) is 38.3 Å². The second kappa shape index (κ2) is 4.97. The van der Waals surface area contributed by atoms with E-state index in [0.717, 1.165) is 39.0 Å². The minimum absolute atomic E-state index is 0.187. The molecule has 2 amide bonds. The summed E-state index contributed by atoms with van der Waals surface area (Å²) in [6.07, 6.45) is 6.10. The van der Waals surface area contributed by atoms with Crippen LogP contribution in [0.3, 0.4) is 0 Å². The number of nitrogens with zero attached hydrogens (tertiary/aromatic N) is 2. The molecule has 2 aliphatic heterocycles. The molecule has 1 spiro atoms. The van der Waals surface area contributed by atoms with Gasteiger partial charge in [0.1, 0.15) is 0 Å². The van der Waals surface area contributed by atoms with Gasteiger partial charge < -0.3 is 15.1 Å². The molecule has 4 nitrogen and oxygen atoms in total. The standard InChI is InChI=1S/C15H27N3O/c1-12(2)17-8-3-13(4-9-17)16-14(19)18-10-7-15(11-18)5-6-15/h12-13H,3-11H2,1-2H3,(H,16,19). The number of carbonyl (C=O) groups excluding carboxylic acids is 1. The molecule has 3 fully saturated rings. The van der Waals surface area contributed by atoms with E-state index < -0.39 is 0 Å². The van der Waals surface area contributed by atoms with Crippen molar-refractivity contribution in [2.45, 2.75) is 58.0 Å². The average Bonchev–Trinajstić information content (AvgIpc) is 2.99. The monoisotopic (exact) mass is 265 g/mol. The predicted octanol–water partition coefficient (Wildman–Crippen LogP) is 2.05. The highest BCUT2D eigenvalue weighted by molar-refractivity contribution is 5.75. The number of hydrogen-bond donors (Lipinski definition) is 1. The van der Waals surface area contributed by atoms with Crippen LogP contribution in [0.1, 0.15) is 46.0 Å². The van der Waals surface area contributed by atoms with Gasteiger partial charge in [-0.25, -0.2) is 4.79 Å². The van der Waals surface area contributed by atoms with Crippen molar-refractivity contribution in [2.75, 3.05) is 26.2 Å². The van der Waals surface area contributed by atoms with E-state index in [-0.39, 0.29) is 6.03 Å². The minimum Gasteiger partial charge on any atom is -0.335 e. The number of nitrogens with one attached hydrogen (secondary N) is 1. The summed E-state index contributed by atoms with van der Waals surface area (Å²) in [7, 11) is 0. The average molecular weight is 265 g/mol. The molecule has 1 aliphatic carbocycles. The molecule has 2 heterocycles. The van der Waals surface area contributed by atoms with E-state index in [9.17, 15) is 4.79 Å². The summed E-state index contributed by atoms with van der Waals surface area (Å²) in [6, 6.07) is 1.20. The number of urea groups is 1. The zero-order valence-electron chi connectivity index (χ0n) is 12.3. The Morgan fingerprint density at radius 1 is 1.16 bits per heavy atom. The second-order valence-electron chi connectivity index (χ2n) is 7.03. The van der Waals surface area contributed by atoms with Crippen LogP contribution in [0.15, 0.2) is 0 Å². The summed E-state index contributed by atoms with van der Waals surface area (Å²) in [5, 5.41) is 3.25. The Balaban J connectivity index is 1.43. The summed E-state index contributed by atoms with van der Waals surface area (Å²) in [5.74, 6) is 0. The molecule has 1 N–H and O–H groups in total. The van der Waals surface area contributed by atoms with Crippen molar-refractivity contribution >= 4 is 6.03 Å². The topological polar surface area (TPSA) is 35.6 Å². The predicted molar refractivity (Wildman–Crippen MR) is 76.1 cm³/mol. The molecule has 2 saturated heterocycles. The molecule has 108 valence electrons. The summed E-state index contributed by atoms with van der Waals surface area (Å²) >= 11 is 0. The first-order chi connectivity index (χ1) is 9.08. The van der Waals surface area contributed by atoms with Crippen molar-refractivity contribution in [3.63, 3.8) is 0 Å². The molecular formula is C15H27N3O. The molecule has 19 heavy (non-hydrogen) atoms. The number of rotatable bonds is 2. The van der Waals surface area contributed by atoms with Crippen LogP contribution in [0, 0.1) is 5.41 Å². The lowest BCUT2D eigenvalue weighted by atomic mass is 10.0. The second-order valence-corrected chi connectivity index (χ2v) is 7.03. The van der Waals surface area contributed by atoms with Crippen molar-refractivity contribution in [1.29, 1.82) is 0 Å². The Labute approximate surface area is 116 Å². The van der Waals surface area contributed by atoms with Crippen molar-refractivity contribution in [3.05, 3.63) is 0 Å². The maximum atomic E-state index is 12.2. The highest BCUT2D eigenvalue weighted by Gasteiger charge is 2.48. The number of hydrogen-bond acceptors (Lipinski definition) is 2. The first-order valence-electron chi connectivity index (χ1n) is 7.87. The van der Waals surface area contributed by atoms with E-state index in [4.69, 9.17) is 0 Å². The fourth-order valence-corrected chi connectivity index (χ4v) is 3.52. The lowest BCUT2D eigenvalue weighted by Crippen LogP contribution is -2.49. The maximum absolute atomic E-state index is 12.2. The van der Waals surface area contributed by atoms with Gasteiger partial charge >= 0.3 is 6.03 Å². The Bertz CT molecular complexity index is 343. The molecule has 0 bridgehead atoms. The molecule has 0 aromatic heterocycles. The zero-order valence-corrected chi connectivity index (χ0v) is 12.3. The minimum atomic E-state index is 0.187. The molecule has 4 heteroatoms.